The molecule has 1 saturated carbocycles. The van der Waals surface area contributed by atoms with Gasteiger partial charge in [-0.25, -0.2) is 14.4 Å². The molecule has 0 amide bonds. The van der Waals surface area contributed by atoms with Crippen LogP contribution in [-0.2, 0) is 6.42 Å². The highest BCUT2D eigenvalue weighted by atomic mass is 19.1. The second-order valence-corrected chi connectivity index (χ2v) is 8.75. The van der Waals surface area contributed by atoms with Crippen LogP contribution < -0.4 is 9.47 Å². The van der Waals surface area contributed by atoms with Gasteiger partial charge in [0, 0.05) is 24.7 Å². The first kappa shape index (κ1) is 24.6. The molecule has 1 fully saturated rings. The minimum Gasteiger partial charge on any atom is -0.492 e. The summed E-state index contributed by atoms with van der Waals surface area (Å²) in [6, 6.07) is 14.4. The van der Waals surface area contributed by atoms with Gasteiger partial charge in [0.25, 0.3) is 0 Å². The van der Waals surface area contributed by atoms with Crippen LogP contribution in [0, 0.1) is 23.1 Å². The van der Waals surface area contributed by atoms with Gasteiger partial charge in [0.2, 0.25) is 0 Å². The maximum atomic E-state index is 14.3. The molecule has 1 aliphatic rings. The molecule has 0 spiro atoms. The summed E-state index contributed by atoms with van der Waals surface area (Å²) < 4.78 is 25.8. The summed E-state index contributed by atoms with van der Waals surface area (Å²) in [6.45, 7) is 7.88. The highest BCUT2D eigenvalue weighted by Crippen LogP contribution is 2.31. The highest BCUT2D eigenvalue weighted by Gasteiger charge is 2.22. The van der Waals surface area contributed by atoms with Gasteiger partial charge in [-0.2, -0.15) is 5.26 Å². The minimum absolute atomic E-state index is 0.242. The number of aromatic nitrogens is 2. The van der Waals surface area contributed by atoms with Crippen molar-refractivity contribution in [2.75, 3.05) is 32.8 Å². The Morgan fingerprint density at radius 1 is 1.06 bits per heavy atom. The van der Waals surface area contributed by atoms with E-state index in [4.69, 9.17) is 9.47 Å². The predicted molar refractivity (Wildman–Crippen MR) is 133 cm³/mol. The summed E-state index contributed by atoms with van der Waals surface area (Å²) >= 11 is 0. The third-order valence-electron chi connectivity index (χ3n) is 6.19. The van der Waals surface area contributed by atoms with Gasteiger partial charge in [0.1, 0.15) is 24.3 Å². The lowest BCUT2D eigenvalue weighted by Crippen LogP contribution is -2.28. The van der Waals surface area contributed by atoms with Crippen LogP contribution in [0.25, 0.3) is 11.3 Å². The van der Waals surface area contributed by atoms with Crippen LogP contribution in [-0.4, -0.2) is 47.7 Å². The van der Waals surface area contributed by atoms with Crippen LogP contribution in [0.5, 0.6) is 11.5 Å². The molecule has 3 aromatic rings. The number of hydrogen-bond acceptors (Lipinski definition) is 6. The maximum absolute atomic E-state index is 14.3. The van der Waals surface area contributed by atoms with Gasteiger partial charge < -0.3 is 14.4 Å². The average molecular weight is 475 g/mol. The highest BCUT2D eigenvalue weighted by molar-refractivity contribution is 5.64. The van der Waals surface area contributed by atoms with E-state index in [2.05, 4.69) is 34.8 Å². The lowest BCUT2D eigenvalue weighted by molar-refractivity contribution is 0.217. The van der Waals surface area contributed by atoms with Crippen molar-refractivity contribution in [3.63, 3.8) is 0 Å². The fourth-order valence-corrected chi connectivity index (χ4v) is 3.82. The molecule has 0 unspecified atom stereocenters. The van der Waals surface area contributed by atoms with Crippen molar-refractivity contribution in [1.82, 2.24) is 14.9 Å². The first-order valence-corrected chi connectivity index (χ1v) is 12.2. The number of likely N-dealkylation sites (N-methyl/N-ethyl adjacent to an activating group) is 1. The van der Waals surface area contributed by atoms with E-state index in [0.717, 1.165) is 36.5 Å². The Kier molecular flexibility index (Phi) is 8.27. The van der Waals surface area contributed by atoms with Gasteiger partial charge in [-0.3, -0.25) is 0 Å². The zero-order chi connectivity index (χ0) is 24.6. The molecular formula is C28H31FN4O2. The summed E-state index contributed by atoms with van der Waals surface area (Å²) in [7, 11) is 0. The van der Waals surface area contributed by atoms with E-state index in [1.165, 1.54) is 18.9 Å². The van der Waals surface area contributed by atoms with Crippen molar-refractivity contribution in [3.05, 3.63) is 71.4 Å². The fraction of sp³-hybridized carbons (Fsp3) is 0.393. The zero-order valence-electron chi connectivity index (χ0n) is 20.3. The molecule has 6 nitrogen and oxygen atoms in total. The molecule has 1 heterocycles. The Labute approximate surface area is 206 Å². The molecule has 0 radical (unpaired) electrons. The summed E-state index contributed by atoms with van der Waals surface area (Å²) in [5, 5.41) is 9.58. The van der Waals surface area contributed by atoms with Crippen molar-refractivity contribution >= 4 is 0 Å². The lowest BCUT2D eigenvalue weighted by atomic mass is 10.1. The average Bonchev–Trinajstić information content (AvgIpc) is 3.72. The molecule has 0 N–H and O–H groups in total. The molecule has 0 saturated heterocycles. The zero-order valence-corrected chi connectivity index (χ0v) is 20.3. The molecule has 182 valence electrons. The van der Waals surface area contributed by atoms with Crippen LogP contribution in [0.2, 0.25) is 0 Å². The van der Waals surface area contributed by atoms with Gasteiger partial charge in [-0.1, -0.05) is 19.9 Å². The van der Waals surface area contributed by atoms with Crippen LogP contribution >= 0.6 is 0 Å². The van der Waals surface area contributed by atoms with Crippen LogP contribution in [0.3, 0.4) is 0 Å². The lowest BCUT2D eigenvalue weighted by Gasteiger charge is -2.18. The predicted octanol–water partition coefficient (Wildman–Crippen LogP) is 5.25. The van der Waals surface area contributed by atoms with Crippen LogP contribution in [0.4, 0.5) is 4.39 Å². The van der Waals surface area contributed by atoms with Crippen LogP contribution in [0.1, 0.15) is 43.6 Å². The van der Waals surface area contributed by atoms with Gasteiger partial charge in [0.05, 0.1) is 17.9 Å². The number of rotatable bonds is 12. The first-order chi connectivity index (χ1) is 17.1. The van der Waals surface area contributed by atoms with Crippen molar-refractivity contribution in [2.45, 2.75) is 33.1 Å². The Bertz CT molecular complexity index is 1190. The number of nitriles is 1. The minimum atomic E-state index is -0.379. The topological polar surface area (TPSA) is 71.3 Å². The van der Waals surface area contributed by atoms with Crippen molar-refractivity contribution < 1.29 is 13.9 Å². The number of ether oxygens (including phenoxy) is 2. The maximum Gasteiger partial charge on any atom is 0.165 e. The number of hydrogen-bond donors (Lipinski definition) is 0. The van der Waals surface area contributed by atoms with Gasteiger partial charge >= 0.3 is 0 Å². The van der Waals surface area contributed by atoms with E-state index in [9.17, 15) is 9.65 Å². The Balaban J connectivity index is 1.45. The van der Waals surface area contributed by atoms with Gasteiger partial charge in [-0.15, -0.1) is 0 Å². The standard InChI is InChI=1S/C28H31FN4O2/c1-3-33(4-2)13-14-34-27-15-21(7-9-24(27)29)16-28-31-12-11-25(32-28)22-8-10-26(23(17-22)18-30)35-19-20-5-6-20/h7-12,15,17,20H,3-6,13-14,16,19H2,1-2H3. The monoisotopic (exact) mass is 474 g/mol. The molecule has 7 heteroatoms. The summed E-state index contributed by atoms with van der Waals surface area (Å²) in [4.78, 5) is 11.3. The third kappa shape index (κ3) is 6.77. The Morgan fingerprint density at radius 2 is 1.89 bits per heavy atom. The van der Waals surface area contributed by atoms with E-state index in [0.29, 0.717) is 42.7 Å². The largest absolute Gasteiger partial charge is 0.492 e. The van der Waals surface area contributed by atoms with Gasteiger partial charge in [0.15, 0.2) is 11.6 Å². The van der Waals surface area contributed by atoms with Crippen molar-refractivity contribution in [3.8, 4) is 28.8 Å². The molecule has 1 aliphatic carbocycles. The number of halogens is 1. The molecule has 1 aromatic heterocycles. The molecule has 4 rings (SSSR count). The SMILES string of the molecule is CCN(CC)CCOc1cc(Cc2nccc(-c3ccc(OCC4CC4)c(C#N)c3)n2)ccc1F. The molecule has 0 bridgehead atoms. The summed E-state index contributed by atoms with van der Waals surface area (Å²) in [5.41, 5.74) is 2.90. The molecule has 2 aromatic carbocycles. The summed E-state index contributed by atoms with van der Waals surface area (Å²) in [6.07, 6.45) is 4.53. The Morgan fingerprint density at radius 3 is 2.63 bits per heavy atom. The smallest absolute Gasteiger partial charge is 0.165 e. The van der Waals surface area contributed by atoms with Crippen molar-refractivity contribution in [1.29, 1.82) is 5.26 Å². The number of nitrogens with zero attached hydrogens (tertiary/aromatic N) is 4. The molecular weight excluding hydrogens is 443 g/mol. The summed E-state index contributed by atoms with van der Waals surface area (Å²) in [5.74, 6) is 1.70. The normalized spacial score (nSPS) is 13.0. The van der Waals surface area contributed by atoms with E-state index in [-0.39, 0.29) is 11.6 Å². The Hall–Kier alpha value is -3.50. The van der Waals surface area contributed by atoms with Crippen LogP contribution in [0.15, 0.2) is 48.7 Å². The second kappa shape index (κ2) is 11.8. The molecule has 35 heavy (non-hydrogen) atoms. The molecule has 0 atom stereocenters. The number of benzene rings is 2. The quantitative estimate of drug-likeness (QED) is 0.357. The fourth-order valence-electron chi connectivity index (χ4n) is 3.82. The van der Waals surface area contributed by atoms with E-state index >= 15 is 0 Å². The van der Waals surface area contributed by atoms with E-state index in [1.54, 1.807) is 24.4 Å². The third-order valence-corrected chi connectivity index (χ3v) is 6.19. The first-order valence-electron chi connectivity index (χ1n) is 12.2. The second-order valence-electron chi connectivity index (χ2n) is 8.75. The van der Waals surface area contributed by atoms with Gasteiger partial charge in [-0.05, 0) is 73.8 Å². The van der Waals surface area contributed by atoms with E-state index in [1.807, 2.05) is 18.2 Å². The van der Waals surface area contributed by atoms with Crippen molar-refractivity contribution in [2.24, 2.45) is 5.92 Å². The van der Waals surface area contributed by atoms with E-state index < -0.39 is 0 Å². The molecule has 0 aliphatic heterocycles.